The molecule has 0 radical (unpaired) electrons. The second kappa shape index (κ2) is 7.98. The fraction of sp³-hybridized carbons (Fsp3) is 0.263. The molecule has 1 N–H and O–H groups in total. The minimum atomic E-state index is -0.437. The molecular weight excluding hydrogens is 336 g/mol. The number of aromatic nitrogens is 1. The van der Waals surface area contributed by atoms with Gasteiger partial charge in [0.05, 0.1) is 16.8 Å². The summed E-state index contributed by atoms with van der Waals surface area (Å²) >= 11 is 1.63. The first-order valence-corrected chi connectivity index (χ1v) is 8.99. The van der Waals surface area contributed by atoms with E-state index in [4.69, 9.17) is 9.47 Å². The van der Waals surface area contributed by atoms with E-state index in [0.29, 0.717) is 18.9 Å². The number of thiazole rings is 1. The molecular formula is C19H20N2O3S. The lowest BCUT2D eigenvalue weighted by atomic mass is 10.2. The van der Waals surface area contributed by atoms with Gasteiger partial charge in [-0.25, -0.2) is 9.78 Å². The van der Waals surface area contributed by atoms with Crippen LogP contribution in [0.25, 0.3) is 10.2 Å². The summed E-state index contributed by atoms with van der Waals surface area (Å²) in [6.45, 7) is 4.70. The lowest BCUT2D eigenvalue weighted by Crippen LogP contribution is -2.14. The van der Waals surface area contributed by atoms with Gasteiger partial charge in [-0.1, -0.05) is 19.1 Å². The minimum absolute atomic E-state index is 0.411. The number of hydrogen-bond acceptors (Lipinski definition) is 5. The number of ether oxygens (including phenoxy) is 2. The largest absolute Gasteiger partial charge is 0.486 e. The van der Waals surface area contributed by atoms with E-state index in [9.17, 15) is 4.79 Å². The molecule has 1 heterocycles. The van der Waals surface area contributed by atoms with Crippen molar-refractivity contribution < 1.29 is 14.3 Å². The molecule has 0 aliphatic heterocycles. The van der Waals surface area contributed by atoms with Crippen molar-refractivity contribution >= 4 is 33.3 Å². The summed E-state index contributed by atoms with van der Waals surface area (Å²) in [4.78, 5) is 16.2. The number of para-hydroxylation sites is 1. The molecule has 1 aromatic heterocycles. The summed E-state index contributed by atoms with van der Waals surface area (Å²) in [5.41, 5.74) is 2.62. The van der Waals surface area contributed by atoms with E-state index in [1.165, 1.54) is 0 Å². The van der Waals surface area contributed by atoms with Crippen LogP contribution in [0.1, 0.15) is 23.9 Å². The van der Waals surface area contributed by atoms with Crippen molar-refractivity contribution in [2.45, 2.75) is 26.9 Å². The van der Waals surface area contributed by atoms with Gasteiger partial charge < -0.3 is 9.47 Å². The number of carbonyl (C=O) groups excluding carboxylic acids is 1. The fourth-order valence-electron chi connectivity index (χ4n) is 2.33. The van der Waals surface area contributed by atoms with Crippen LogP contribution < -0.4 is 10.1 Å². The molecule has 0 bridgehead atoms. The Balaban J connectivity index is 1.61. The highest BCUT2D eigenvalue weighted by molar-refractivity contribution is 7.18. The van der Waals surface area contributed by atoms with Crippen LogP contribution in [0.2, 0.25) is 0 Å². The van der Waals surface area contributed by atoms with Crippen molar-refractivity contribution in [1.82, 2.24) is 4.98 Å². The molecule has 25 heavy (non-hydrogen) atoms. The summed E-state index contributed by atoms with van der Waals surface area (Å²) in [6.07, 6.45) is 0.360. The van der Waals surface area contributed by atoms with Crippen LogP contribution >= 0.6 is 11.3 Å². The summed E-state index contributed by atoms with van der Waals surface area (Å²) < 4.78 is 12.0. The van der Waals surface area contributed by atoms with E-state index < -0.39 is 6.09 Å². The van der Waals surface area contributed by atoms with Crippen molar-refractivity contribution in [1.29, 1.82) is 0 Å². The molecule has 3 rings (SSSR count). The Kier molecular flexibility index (Phi) is 5.50. The van der Waals surface area contributed by atoms with Gasteiger partial charge in [0.25, 0.3) is 0 Å². The van der Waals surface area contributed by atoms with E-state index in [1.807, 2.05) is 50.2 Å². The van der Waals surface area contributed by atoms with Gasteiger partial charge in [-0.3, -0.25) is 5.32 Å². The van der Waals surface area contributed by atoms with Crippen LogP contribution in [-0.2, 0) is 11.3 Å². The molecule has 6 heteroatoms. The van der Waals surface area contributed by atoms with Gasteiger partial charge in [0, 0.05) is 5.69 Å². The summed E-state index contributed by atoms with van der Waals surface area (Å²) in [5, 5.41) is 3.67. The predicted octanol–water partition coefficient (Wildman–Crippen LogP) is 5.14. The molecule has 0 saturated carbocycles. The molecule has 130 valence electrons. The van der Waals surface area contributed by atoms with Crippen molar-refractivity contribution in [3.8, 4) is 5.75 Å². The Morgan fingerprint density at radius 3 is 2.84 bits per heavy atom. The number of fused-ring (bicyclic) bond motifs is 1. The molecule has 5 nitrogen and oxygen atoms in total. The second-order valence-electron chi connectivity index (χ2n) is 5.60. The third-order valence-corrected chi connectivity index (χ3v) is 4.58. The maximum Gasteiger partial charge on any atom is 0.411 e. The number of nitrogens with one attached hydrogen (secondary N) is 1. The number of benzene rings is 2. The van der Waals surface area contributed by atoms with Crippen LogP contribution in [0.4, 0.5) is 10.5 Å². The van der Waals surface area contributed by atoms with E-state index in [-0.39, 0.29) is 0 Å². The Hall–Kier alpha value is -2.60. The van der Waals surface area contributed by atoms with Crippen molar-refractivity contribution in [3.05, 3.63) is 53.0 Å². The predicted molar refractivity (Wildman–Crippen MR) is 100 cm³/mol. The van der Waals surface area contributed by atoms with Crippen LogP contribution in [0.3, 0.4) is 0 Å². The molecule has 0 aliphatic carbocycles. The van der Waals surface area contributed by atoms with Gasteiger partial charge in [-0.05, 0) is 49.2 Å². The zero-order valence-corrected chi connectivity index (χ0v) is 15.1. The lowest BCUT2D eigenvalue weighted by molar-refractivity contribution is 0.161. The van der Waals surface area contributed by atoms with Gasteiger partial charge in [0.2, 0.25) is 0 Å². The summed E-state index contributed by atoms with van der Waals surface area (Å²) in [7, 11) is 0. The van der Waals surface area contributed by atoms with E-state index >= 15 is 0 Å². The maximum absolute atomic E-state index is 11.6. The van der Waals surface area contributed by atoms with Crippen LogP contribution in [0.15, 0.2) is 42.5 Å². The van der Waals surface area contributed by atoms with Gasteiger partial charge in [0.15, 0.2) is 0 Å². The van der Waals surface area contributed by atoms with E-state index in [0.717, 1.165) is 33.0 Å². The van der Waals surface area contributed by atoms with Gasteiger partial charge in [0.1, 0.15) is 17.4 Å². The topological polar surface area (TPSA) is 60.5 Å². The number of nitrogens with zero attached hydrogens (tertiary/aromatic N) is 1. The minimum Gasteiger partial charge on any atom is -0.486 e. The second-order valence-corrected chi connectivity index (χ2v) is 6.72. The van der Waals surface area contributed by atoms with Crippen LogP contribution in [0, 0.1) is 6.92 Å². The normalized spacial score (nSPS) is 10.6. The Morgan fingerprint density at radius 2 is 2.08 bits per heavy atom. The van der Waals surface area contributed by atoms with E-state index in [2.05, 4.69) is 16.4 Å². The van der Waals surface area contributed by atoms with Gasteiger partial charge in [-0.2, -0.15) is 0 Å². The fourth-order valence-corrected chi connectivity index (χ4v) is 3.21. The number of aryl methyl sites for hydroxylation is 1. The standard InChI is InChI=1S/C19H20N2O3S/c1-3-10-23-19(22)21-15-9-8-14(11-13(15)2)24-12-18-20-16-6-4-5-7-17(16)25-18/h4-9,11H,3,10,12H2,1-2H3,(H,21,22). The molecule has 3 aromatic rings. The van der Waals surface area contributed by atoms with Crippen LogP contribution in [-0.4, -0.2) is 17.7 Å². The number of hydrogen-bond donors (Lipinski definition) is 1. The van der Waals surface area contributed by atoms with Gasteiger partial charge in [-0.15, -0.1) is 11.3 Å². The molecule has 0 saturated heterocycles. The molecule has 0 fully saturated rings. The molecule has 0 spiro atoms. The number of amides is 1. The first kappa shape index (κ1) is 17.2. The highest BCUT2D eigenvalue weighted by Crippen LogP contribution is 2.25. The maximum atomic E-state index is 11.6. The SMILES string of the molecule is CCCOC(=O)Nc1ccc(OCc2nc3ccccc3s2)cc1C. The quantitative estimate of drug-likeness (QED) is 0.664. The first-order valence-electron chi connectivity index (χ1n) is 8.17. The Morgan fingerprint density at radius 1 is 1.24 bits per heavy atom. The molecule has 0 unspecified atom stereocenters. The van der Waals surface area contributed by atoms with Crippen molar-refractivity contribution in [2.24, 2.45) is 0 Å². The average molecular weight is 356 g/mol. The number of rotatable bonds is 6. The zero-order valence-electron chi connectivity index (χ0n) is 14.2. The highest BCUT2D eigenvalue weighted by Gasteiger charge is 2.08. The molecule has 0 atom stereocenters. The van der Waals surface area contributed by atoms with Crippen molar-refractivity contribution in [2.75, 3.05) is 11.9 Å². The third-order valence-electron chi connectivity index (χ3n) is 3.57. The van der Waals surface area contributed by atoms with Crippen molar-refractivity contribution in [3.63, 3.8) is 0 Å². The number of carbonyl (C=O) groups is 1. The lowest BCUT2D eigenvalue weighted by Gasteiger charge is -2.11. The Labute approximate surface area is 150 Å². The highest BCUT2D eigenvalue weighted by atomic mass is 32.1. The molecule has 2 aromatic carbocycles. The van der Waals surface area contributed by atoms with Crippen LogP contribution in [0.5, 0.6) is 5.75 Å². The van der Waals surface area contributed by atoms with Gasteiger partial charge >= 0.3 is 6.09 Å². The van der Waals surface area contributed by atoms with E-state index in [1.54, 1.807) is 11.3 Å². The first-order chi connectivity index (χ1) is 12.2. The Bertz CT molecular complexity index is 843. The third kappa shape index (κ3) is 4.48. The average Bonchev–Trinajstić information content (AvgIpc) is 3.03. The smallest absolute Gasteiger partial charge is 0.411 e. The number of anilines is 1. The molecule has 1 amide bonds. The summed E-state index contributed by atoms with van der Waals surface area (Å²) in [6, 6.07) is 13.6. The summed E-state index contributed by atoms with van der Waals surface area (Å²) in [5.74, 6) is 0.740. The monoisotopic (exact) mass is 356 g/mol. The molecule has 0 aliphatic rings. The zero-order chi connectivity index (χ0) is 17.6.